The van der Waals surface area contributed by atoms with Crippen molar-refractivity contribution < 1.29 is 0 Å². The summed E-state index contributed by atoms with van der Waals surface area (Å²) in [7, 11) is 20.2. The summed E-state index contributed by atoms with van der Waals surface area (Å²) in [5.41, 5.74) is -0.292. The van der Waals surface area contributed by atoms with Gasteiger partial charge in [-0.15, -0.1) is 0 Å². The van der Waals surface area contributed by atoms with Gasteiger partial charge in [-0.25, -0.2) is 9.42 Å². The largest absolute Gasteiger partial charge is 0.312 e. The SMILES string of the molecule is CNCP(=NP(=NC(C)(C)C)(N=P(N(C)C)(N(C)C)N(C)C)N(C)C)(N(C)C)N(C)C. The third kappa shape index (κ3) is 7.19. The molecule has 13 heteroatoms. The molecule has 0 aromatic carbocycles. The number of rotatable bonds is 10. The molecule has 0 bridgehead atoms. The molecule has 31 heavy (non-hydrogen) atoms. The van der Waals surface area contributed by atoms with Gasteiger partial charge >= 0.3 is 0 Å². The van der Waals surface area contributed by atoms with Crippen LogP contribution in [0, 0.1) is 0 Å². The maximum atomic E-state index is 5.70. The number of hydrogen-bond donors (Lipinski definition) is 1. The first kappa shape index (κ1) is 31.4. The van der Waals surface area contributed by atoms with Crippen molar-refractivity contribution in [3.63, 3.8) is 0 Å². The molecule has 0 amide bonds. The van der Waals surface area contributed by atoms with Gasteiger partial charge in [0.25, 0.3) is 7.51 Å². The van der Waals surface area contributed by atoms with Crippen molar-refractivity contribution in [1.29, 1.82) is 0 Å². The molecule has 1 unspecified atom stereocenters. The fourth-order valence-corrected chi connectivity index (χ4v) is 16.6. The zero-order valence-electron chi connectivity index (χ0n) is 23.1. The van der Waals surface area contributed by atoms with E-state index >= 15 is 0 Å². The molecule has 10 nitrogen and oxygen atoms in total. The lowest BCUT2D eigenvalue weighted by Crippen LogP contribution is -2.31. The zero-order chi connectivity index (χ0) is 25.0. The van der Waals surface area contributed by atoms with E-state index in [1.807, 2.05) is 7.05 Å². The molecular formula is C18H51N10P3. The van der Waals surface area contributed by atoms with Crippen LogP contribution in [0.1, 0.15) is 20.8 Å². The fraction of sp³-hybridized carbons (Fsp3) is 1.00. The van der Waals surface area contributed by atoms with E-state index in [1.54, 1.807) is 0 Å². The van der Waals surface area contributed by atoms with E-state index in [9.17, 15) is 0 Å². The lowest BCUT2D eigenvalue weighted by molar-refractivity contribution is 0.474. The van der Waals surface area contributed by atoms with Gasteiger partial charge in [0.15, 0.2) is 7.51 Å². The van der Waals surface area contributed by atoms with Crippen molar-refractivity contribution in [2.75, 3.05) is 97.9 Å². The molecule has 0 aliphatic rings. The van der Waals surface area contributed by atoms with Crippen LogP contribution in [0.4, 0.5) is 0 Å². The molecular weight excluding hydrogens is 449 g/mol. The van der Waals surface area contributed by atoms with E-state index in [-0.39, 0.29) is 5.54 Å². The Morgan fingerprint density at radius 3 is 1.23 bits per heavy atom. The Morgan fingerprint density at radius 2 is 1.00 bits per heavy atom. The number of nitrogens with zero attached hydrogens (tertiary/aromatic N) is 9. The van der Waals surface area contributed by atoms with Crippen LogP contribution in [0.15, 0.2) is 13.8 Å². The van der Waals surface area contributed by atoms with Crippen molar-refractivity contribution >= 4 is 22.4 Å². The highest BCUT2D eigenvalue weighted by Gasteiger charge is 2.38. The Morgan fingerprint density at radius 1 is 0.613 bits per heavy atom. The summed E-state index contributed by atoms with van der Waals surface area (Å²) in [5.74, 6) is 0. The Kier molecular flexibility index (Phi) is 11.9. The van der Waals surface area contributed by atoms with Crippen molar-refractivity contribution in [1.82, 2.24) is 33.3 Å². The number of hydrogen-bond acceptors (Lipinski definition) is 2. The van der Waals surface area contributed by atoms with E-state index in [4.69, 9.17) is 13.8 Å². The minimum Gasteiger partial charge on any atom is -0.312 e. The quantitative estimate of drug-likeness (QED) is 0.450. The lowest BCUT2D eigenvalue weighted by Gasteiger charge is -2.44. The summed E-state index contributed by atoms with van der Waals surface area (Å²) >= 11 is 0. The standard InChI is InChI=1S/C18H51N10P3/c1-18(2,3)20-30(25(9)10,21-29(17-19-4,23(5)6)24(7)8)22-31(26(11)12,27(13)14)28(15)16/h19H,17H2,1-16H3. The van der Waals surface area contributed by atoms with Crippen LogP contribution in [0.25, 0.3) is 0 Å². The molecule has 0 saturated heterocycles. The first-order chi connectivity index (χ1) is 13.8. The topological polar surface area (TPSA) is 68.5 Å². The van der Waals surface area contributed by atoms with Crippen LogP contribution >= 0.6 is 22.4 Å². The predicted molar refractivity (Wildman–Crippen MR) is 144 cm³/mol. The second-order valence-electron chi connectivity index (χ2n) is 9.81. The minimum absolute atomic E-state index is 0.292. The van der Waals surface area contributed by atoms with E-state index < -0.39 is 22.4 Å². The van der Waals surface area contributed by atoms with Crippen LogP contribution in [-0.2, 0) is 0 Å². The summed E-state index contributed by atoms with van der Waals surface area (Å²) in [6.45, 7) is 6.42. The molecule has 0 heterocycles. The van der Waals surface area contributed by atoms with Gasteiger partial charge in [0.1, 0.15) is 7.36 Å². The zero-order valence-corrected chi connectivity index (χ0v) is 25.8. The van der Waals surface area contributed by atoms with Gasteiger partial charge in [0.05, 0.1) is 11.8 Å². The molecule has 188 valence electrons. The molecule has 0 aliphatic heterocycles. The Bertz CT molecular complexity index is 693. The fourth-order valence-electron chi connectivity index (χ4n) is 3.42. The van der Waals surface area contributed by atoms with Crippen molar-refractivity contribution in [3.8, 4) is 0 Å². The van der Waals surface area contributed by atoms with Gasteiger partial charge in [-0.2, -0.15) is 9.03 Å². The Labute approximate surface area is 193 Å². The lowest BCUT2D eigenvalue weighted by atomic mass is 10.1. The first-order valence-electron chi connectivity index (χ1n) is 10.5. The predicted octanol–water partition coefficient (Wildman–Crippen LogP) is 4.26. The maximum absolute atomic E-state index is 5.70. The van der Waals surface area contributed by atoms with E-state index in [0.717, 1.165) is 6.29 Å². The normalized spacial score (nSPS) is 16.1. The van der Waals surface area contributed by atoms with Gasteiger partial charge < -0.3 is 5.32 Å². The summed E-state index contributed by atoms with van der Waals surface area (Å²) in [6, 6.07) is 0. The van der Waals surface area contributed by atoms with Crippen LogP contribution in [-0.4, -0.2) is 131 Å². The summed E-state index contributed by atoms with van der Waals surface area (Å²) < 4.78 is 30.2. The first-order valence-corrected chi connectivity index (χ1v) is 15.5. The van der Waals surface area contributed by atoms with Crippen LogP contribution in [0.5, 0.6) is 0 Å². The molecule has 0 fully saturated rings. The highest BCUT2D eigenvalue weighted by atomic mass is 31.2. The number of nitrogens with one attached hydrogen (secondary N) is 1. The average Bonchev–Trinajstić information content (AvgIpc) is 2.55. The molecule has 0 aromatic rings. The van der Waals surface area contributed by atoms with Gasteiger partial charge in [-0.05, 0) is 112 Å². The van der Waals surface area contributed by atoms with Gasteiger partial charge in [-0.1, -0.05) is 0 Å². The van der Waals surface area contributed by atoms with E-state index in [1.165, 1.54) is 0 Å². The van der Waals surface area contributed by atoms with Gasteiger partial charge in [-0.3, -0.25) is 23.4 Å². The molecule has 0 saturated carbocycles. The highest BCUT2D eigenvalue weighted by Crippen LogP contribution is 2.73. The molecule has 1 N–H and O–H groups in total. The maximum Gasteiger partial charge on any atom is 0.258 e. The second kappa shape index (κ2) is 11.7. The summed E-state index contributed by atoms with van der Waals surface area (Å²) in [5, 5.41) is 3.39. The molecule has 0 radical (unpaired) electrons. The third-order valence-electron chi connectivity index (χ3n) is 4.74. The van der Waals surface area contributed by atoms with Crippen LogP contribution in [0.2, 0.25) is 0 Å². The van der Waals surface area contributed by atoms with Crippen LogP contribution in [0.3, 0.4) is 0 Å². The van der Waals surface area contributed by atoms with E-state index in [0.29, 0.717) is 0 Å². The second-order valence-corrected chi connectivity index (χ2v) is 20.1. The molecule has 0 aromatic heterocycles. The minimum atomic E-state index is -2.67. The summed E-state index contributed by atoms with van der Waals surface area (Å²) in [4.78, 5) is 0. The molecule has 0 rings (SSSR count). The summed E-state index contributed by atoms with van der Waals surface area (Å²) in [6.07, 6.45) is 0.759. The van der Waals surface area contributed by atoms with Gasteiger partial charge in [0, 0.05) is 0 Å². The molecule has 1 atom stereocenters. The van der Waals surface area contributed by atoms with Crippen LogP contribution < -0.4 is 5.32 Å². The molecule has 0 spiro atoms. The smallest absolute Gasteiger partial charge is 0.258 e. The Hall–Kier alpha value is 0.410. The van der Waals surface area contributed by atoms with Crippen molar-refractivity contribution in [2.45, 2.75) is 26.3 Å². The molecule has 0 aliphatic carbocycles. The van der Waals surface area contributed by atoms with Gasteiger partial charge in [0.2, 0.25) is 0 Å². The van der Waals surface area contributed by atoms with E-state index in [2.05, 4.69) is 139 Å². The Balaban J connectivity index is 8.10. The third-order valence-corrected chi connectivity index (χ3v) is 17.2. The van der Waals surface area contributed by atoms with Crippen molar-refractivity contribution in [3.05, 3.63) is 0 Å². The average molecular weight is 501 g/mol. The highest BCUT2D eigenvalue weighted by molar-refractivity contribution is 7.77. The van der Waals surface area contributed by atoms with Crippen molar-refractivity contribution in [2.24, 2.45) is 13.8 Å². The monoisotopic (exact) mass is 500 g/mol.